The summed E-state index contributed by atoms with van der Waals surface area (Å²) in [6, 6.07) is 16.4. The average Bonchev–Trinajstić information content (AvgIpc) is 3.24. The van der Waals surface area contributed by atoms with Crippen molar-refractivity contribution < 1.29 is 17.9 Å². The zero-order valence-electron chi connectivity index (χ0n) is 16.7. The van der Waals surface area contributed by atoms with Gasteiger partial charge < -0.3 is 5.11 Å². The number of nitrogens with one attached hydrogen (secondary N) is 1. The second kappa shape index (κ2) is 8.41. The summed E-state index contributed by atoms with van der Waals surface area (Å²) in [6.45, 7) is 1.44. The van der Waals surface area contributed by atoms with Gasteiger partial charge in [0.25, 0.3) is 0 Å². The van der Waals surface area contributed by atoms with Crippen LogP contribution in [0.4, 0.5) is 4.39 Å². The Hall–Kier alpha value is -3.36. The van der Waals surface area contributed by atoms with Gasteiger partial charge in [-0.1, -0.05) is 24.3 Å². The van der Waals surface area contributed by atoms with Crippen molar-refractivity contribution in [2.75, 3.05) is 12.4 Å². The molecule has 31 heavy (non-hydrogen) atoms. The van der Waals surface area contributed by atoms with Crippen LogP contribution in [0.1, 0.15) is 5.69 Å². The smallest absolute Gasteiger partial charge is 0.180 e. The number of benzene rings is 2. The third-order valence-electron chi connectivity index (χ3n) is 4.93. The first kappa shape index (κ1) is 20.9. The molecule has 4 aromatic rings. The fourth-order valence-corrected chi connectivity index (χ4v) is 4.40. The van der Waals surface area contributed by atoms with Gasteiger partial charge in [-0.25, -0.2) is 12.8 Å². The Morgan fingerprint density at radius 2 is 1.74 bits per heavy atom. The van der Waals surface area contributed by atoms with Gasteiger partial charge in [-0.2, -0.15) is 5.10 Å². The summed E-state index contributed by atoms with van der Waals surface area (Å²) >= 11 is 0. The van der Waals surface area contributed by atoms with Crippen molar-refractivity contribution in [3.63, 3.8) is 0 Å². The molecule has 0 aliphatic carbocycles. The van der Waals surface area contributed by atoms with Crippen LogP contribution in [0, 0.1) is 12.7 Å². The standard InChI is InChI=1S/C23H20FN3O3S/c1-15-3-2-4-22(26-15)23-20(14-25-27-23)17-7-10-21(24)19(13-17)16-5-8-18(9-6-16)31(29,30)12-11-28/h2-10,13-14,28H,11-12H2,1H3,(H,25,27). The van der Waals surface area contributed by atoms with Crippen LogP contribution in [0.15, 0.2) is 71.8 Å². The summed E-state index contributed by atoms with van der Waals surface area (Å²) in [5.74, 6) is -0.777. The van der Waals surface area contributed by atoms with Crippen molar-refractivity contribution in [1.29, 1.82) is 0 Å². The van der Waals surface area contributed by atoms with Crippen LogP contribution < -0.4 is 0 Å². The Morgan fingerprint density at radius 3 is 2.45 bits per heavy atom. The number of aryl methyl sites for hydroxylation is 1. The highest BCUT2D eigenvalue weighted by molar-refractivity contribution is 7.91. The SMILES string of the molecule is Cc1cccc(-c2n[nH]cc2-c2ccc(F)c(-c3ccc(S(=O)(=O)CCO)cc3)c2)n1. The first-order valence-electron chi connectivity index (χ1n) is 9.61. The third kappa shape index (κ3) is 4.26. The highest BCUT2D eigenvalue weighted by atomic mass is 32.2. The largest absolute Gasteiger partial charge is 0.395 e. The van der Waals surface area contributed by atoms with Gasteiger partial charge in [0.05, 0.1) is 22.9 Å². The van der Waals surface area contributed by atoms with E-state index in [0.717, 1.165) is 16.8 Å². The lowest BCUT2D eigenvalue weighted by Gasteiger charge is -2.09. The summed E-state index contributed by atoms with van der Waals surface area (Å²) in [4.78, 5) is 4.60. The molecule has 2 aromatic heterocycles. The summed E-state index contributed by atoms with van der Waals surface area (Å²) in [6.07, 6.45) is 1.74. The lowest BCUT2D eigenvalue weighted by molar-refractivity contribution is 0.319. The summed E-state index contributed by atoms with van der Waals surface area (Å²) in [7, 11) is -3.57. The molecule has 2 aromatic carbocycles. The molecule has 0 radical (unpaired) electrons. The Morgan fingerprint density at radius 1 is 1.00 bits per heavy atom. The number of halogens is 1. The first-order valence-corrected chi connectivity index (χ1v) is 11.3. The molecule has 4 rings (SSSR count). The van der Waals surface area contributed by atoms with E-state index in [9.17, 15) is 12.8 Å². The fraction of sp³-hybridized carbons (Fsp3) is 0.130. The van der Waals surface area contributed by atoms with Crippen LogP contribution in [-0.4, -0.2) is 41.1 Å². The number of sulfone groups is 1. The predicted octanol–water partition coefficient (Wildman–Crippen LogP) is 4.02. The third-order valence-corrected chi connectivity index (χ3v) is 6.64. The van der Waals surface area contributed by atoms with Gasteiger partial charge in [-0.3, -0.25) is 10.1 Å². The van der Waals surface area contributed by atoms with Crippen molar-refractivity contribution in [2.45, 2.75) is 11.8 Å². The van der Waals surface area contributed by atoms with Crippen LogP contribution in [0.25, 0.3) is 33.6 Å². The minimum Gasteiger partial charge on any atom is -0.395 e. The van der Waals surface area contributed by atoms with Gasteiger partial charge in [-0.15, -0.1) is 0 Å². The molecular formula is C23H20FN3O3S. The zero-order chi connectivity index (χ0) is 22.0. The maximum absolute atomic E-state index is 14.6. The number of aromatic amines is 1. The molecule has 0 fully saturated rings. The second-order valence-electron chi connectivity index (χ2n) is 7.07. The van der Waals surface area contributed by atoms with E-state index in [1.165, 1.54) is 18.2 Å². The molecule has 6 nitrogen and oxygen atoms in total. The molecule has 0 aliphatic rings. The number of pyridine rings is 1. The van der Waals surface area contributed by atoms with Gasteiger partial charge >= 0.3 is 0 Å². The van der Waals surface area contributed by atoms with Crippen LogP contribution in [0.3, 0.4) is 0 Å². The van der Waals surface area contributed by atoms with Crippen molar-refractivity contribution in [1.82, 2.24) is 15.2 Å². The van der Waals surface area contributed by atoms with Gasteiger partial charge in [0.2, 0.25) is 0 Å². The molecule has 0 bridgehead atoms. The quantitative estimate of drug-likeness (QED) is 0.475. The first-order chi connectivity index (χ1) is 14.9. The normalized spacial score (nSPS) is 11.6. The fourth-order valence-electron chi connectivity index (χ4n) is 3.37. The van der Waals surface area contributed by atoms with E-state index in [-0.39, 0.29) is 10.6 Å². The van der Waals surface area contributed by atoms with Gasteiger partial charge in [0.15, 0.2) is 9.84 Å². The average molecular weight is 437 g/mol. The van der Waals surface area contributed by atoms with Crippen molar-refractivity contribution in [3.8, 4) is 33.6 Å². The monoisotopic (exact) mass is 437 g/mol. The second-order valence-corrected chi connectivity index (χ2v) is 9.18. The predicted molar refractivity (Wildman–Crippen MR) is 117 cm³/mol. The molecular weight excluding hydrogens is 417 g/mol. The maximum atomic E-state index is 14.6. The molecule has 0 spiro atoms. The van der Waals surface area contributed by atoms with Crippen LogP contribution in [0.2, 0.25) is 0 Å². The molecule has 0 atom stereocenters. The number of nitrogens with zero attached hydrogens (tertiary/aromatic N) is 2. The van der Waals surface area contributed by atoms with Crippen LogP contribution >= 0.6 is 0 Å². The highest BCUT2D eigenvalue weighted by Crippen LogP contribution is 2.33. The van der Waals surface area contributed by atoms with Crippen LogP contribution in [-0.2, 0) is 9.84 Å². The maximum Gasteiger partial charge on any atom is 0.180 e. The molecule has 8 heteroatoms. The van der Waals surface area contributed by atoms with Crippen molar-refractivity contribution >= 4 is 9.84 Å². The van der Waals surface area contributed by atoms with Crippen LogP contribution in [0.5, 0.6) is 0 Å². The number of rotatable bonds is 6. The molecule has 0 saturated carbocycles. The zero-order valence-corrected chi connectivity index (χ0v) is 17.5. The van der Waals surface area contributed by atoms with E-state index in [1.807, 2.05) is 25.1 Å². The minimum absolute atomic E-state index is 0.0875. The van der Waals surface area contributed by atoms with Gasteiger partial charge in [0, 0.05) is 23.0 Å². The van der Waals surface area contributed by atoms with Crippen molar-refractivity contribution in [3.05, 3.63) is 78.4 Å². The Labute approximate surface area is 179 Å². The summed E-state index contributed by atoms with van der Waals surface area (Å²) in [5, 5.41) is 16.1. The van der Waals surface area contributed by atoms with E-state index >= 15 is 0 Å². The van der Waals surface area contributed by atoms with E-state index in [4.69, 9.17) is 5.11 Å². The van der Waals surface area contributed by atoms with Gasteiger partial charge in [-0.05, 0) is 54.4 Å². The number of hydrogen-bond donors (Lipinski definition) is 2. The van der Waals surface area contributed by atoms with E-state index in [2.05, 4.69) is 15.2 Å². The summed E-state index contributed by atoms with van der Waals surface area (Å²) < 4.78 is 38.8. The molecule has 0 unspecified atom stereocenters. The molecule has 2 heterocycles. The molecule has 0 amide bonds. The molecule has 0 saturated heterocycles. The highest BCUT2D eigenvalue weighted by Gasteiger charge is 2.16. The lowest BCUT2D eigenvalue weighted by atomic mass is 9.98. The lowest BCUT2D eigenvalue weighted by Crippen LogP contribution is -2.09. The number of hydrogen-bond acceptors (Lipinski definition) is 5. The molecule has 158 valence electrons. The molecule has 0 aliphatic heterocycles. The molecule has 2 N–H and O–H groups in total. The van der Waals surface area contributed by atoms with E-state index in [0.29, 0.717) is 22.5 Å². The minimum atomic E-state index is -3.57. The summed E-state index contributed by atoms with van der Waals surface area (Å²) in [5.41, 5.74) is 4.64. The van der Waals surface area contributed by atoms with E-state index < -0.39 is 22.3 Å². The Kier molecular flexibility index (Phi) is 5.67. The van der Waals surface area contributed by atoms with E-state index in [1.54, 1.807) is 30.5 Å². The Bertz CT molecular complexity index is 1330. The number of aliphatic hydroxyl groups excluding tert-OH is 1. The number of H-pyrrole nitrogens is 1. The topological polar surface area (TPSA) is 95.9 Å². The Balaban J connectivity index is 1.74. The number of aliphatic hydroxyl groups is 1. The van der Waals surface area contributed by atoms with Gasteiger partial charge in [0.1, 0.15) is 11.5 Å². The van der Waals surface area contributed by atoms with Crippen molar-refractivity contribution in [2.24, 2.45) is 0 Å². The number of aromatic nitrogens is 3.